The number of amides is 4. The zero-order valence-corrected chi connectivity index (χ0v) is 16.3. The van der Waals surface area contributed by atoms with Crippen molar-refractivity contribution in [3.8, 4) is 0 Å². The van der Waals surface area contributed by atoms with Crippen LogP contribution < -0.4 is 5.32 Å². The molecule has 0 aromatic carbocycles. The monoisotopic (exact) mass is 393 g/mol. The molecule has 1 saturated heterocycles. The summed E-state index contributed by atoms with van der Waals surface area (Å²) in [6, 6.07) is -0.865. The highest BCUT2D eigenvalue weighted by Crippen LogP contribution is 2.38. The molecule has 9 nitrogen and oxygen atoms in total. The van der Waals surface area contributed by atoms with Gasteiger partial charge in [-0.05, 0) is 32.6 Å². The lowest BCUT2D eigenvalue weighted by molar-refractivity contribution is -0.161. The number of ether oxygens (including phenoxy) is 1. The molecule has 0 aromatic heterocycles. The van der Waals surface area contributed by atoms with Crippen molar-refractivity contribution in [3.63, 3.8) is 0 Å². The lowest BCUT2D eigenvalue weighted by Crippen LogP contribution is -2.45. The molecule has 1 heterocycles. The average Bonchev–Trinajstić information content (AvgIpc) is 3.44. The molecule has 3 fully saturated rings. The van der Waals surface area contributed by atoms with Crippen molar-refractivity contribution < 1.29 is 28.7 Å². The minimum atomic E-state index is -1.07. The number of nitrogens with zero attached hydrogens (tertiary/aromatic N) is 2. The SMILES string of the molecule is C[C@@H](C(=O)OCC(=O)N(C)CC(=O)NC1CC1)N1C(=O)[C@H]2CCCC[C@@H]2C1=O. The first-order chi connectivity index (χ1) is 13.3. The Morgan fingerprint density at radius 2 is 1.68 bits per heavy atom. The number of likely N-dealkylation sites (tertiary alicyclic amines) is 1. The van der Waals surface area contributed by atoms with Crippen molar-refractivity contribution in [2.75, 3.05) is 20.2 Å². The van der Waals surface area contributed by atoms with E-state index in [1.165, 1.54) is 18.9 Å². The average molecular weight is 393 g/mol. The van der Waals surface area contributed by atoms with Crippen molar-refractivity contribution in [2.24, 2.45) is 11.8 Å². The van der Waals surface area contributed by atoms with E-state index in [4.69, 9.17) is 4.74 Å². The maximum atomic E-state index is 12.5. The van der Waals surface area contributed by atoms with Crippen LogP contribution in [0.25, 0.3) is 0 Å². The Hall–Kier alpha value is -2.45. The van der Waals surface area contributed by atoms with Gasteiger partial charge in [0.1, 0.15) is 6.04 Å². The van der Waals surface area contributed by atoms with Gasteiger partial charge in [-0.3, -0.25) is 24.1 Å². The molecule has 2 saturated carbocycles. The molecule has 154 valence electrons. The normalized spacial score (nSPS) is 25.1. The van der Waals surface area contributed by atoms with Crippen LogP contribution in [0.5, 0.6) is 0 Å². The second-order valence-electron chi connectivity index (χ2n) is 7.92. The van der Waals surface area contributed by atoms with Crippen LogP contribution in [0.1, 0.15) is 45.4 Å². The van der Waals surface area contributed by atoms with Gasteiger partial charge in [0.25, 0.3) is 5.91 Å². The maximum Gasteiger partial charge on any atom is 0.329 e. The molecular formula is C19H27N3O6. The molecule has 3 rings (SSSR count). The maximum absolute atomic E-state index is 12.5. The van der Waals surface area contributed by atoms with Gasteiger partial charge in [0, 0.05) is 13.1 Å². The predicted molar refractivity (Wildman–Crippen MR) is 96.5 cm³/mol. The van der Waals surface area contributed by atoms with Gasteiger partial charge in [-0.1, -0.05) is 12.8 Å². The molecule has 28 heavy (non-hydrogen) atoms. The molecule has 3 atom stereocenters. The van der Waals surface area contributed by atoms with Crippen LogP contribution in [0.15, 0.2) is 0 Å². The number of nitrogens with one attached hydrogen (secondary N) is 1. The van der Waals surface area contributed by atoms with Crippen LogP contribution in [0.4, 0.5) is 0 Å². The lowest BCUT2D eigenvalue weighted by Gasteiger charge is -2.22. The number of likely N-dealkylation sites (N-methyl/N-ethyl adjacent to an activating group) is 1. The molecule has 1 aliphatic heterocycles. The van der Waals surface area contributed by atoms with Crippen LogP contribution in [0.3, 0.4) is 0 Å². The zero-order chi connectivity index (χ0) is 20.4. The highest BCUT2D eigenvalue weighted by atomic mass is 16.5. The van der Waals surface area contributed by atoms with E-state index in [-0.39, 0.29) is 42.1 Å². The molecule has 1 N–H and O–H groups in total. The standard InChI is InChI=1S/C19H27N3O6/c1-11(22-17(25)13-5-3-4-6-14(13)18(22)26)19(27)28-10-16(24)21(2)9-15(23)20-12-7-8-12/h11-14H,3-10H2,1-2H3,(H,20,23)/t11-,13-,14-/m0/s1. The van der Waals surface area contributed by atoms with Gasteiger partial charge in [0.15, 0.2) is 6.61 Å². The number of carbonyl (C=O) groups is 5. The second kappa shape index (κ2) is 8.28. The van der Waals surface area contributed by atoms with Gasteiger partial charge >= 0.3 is 5.97 Å². The van der Waals surface area contributed by atoms with Crippen molar-refractivity contribution in [1.29, 1.82) is 0 Å². The summed E-state index contributed by atoms with van der Waals surface area (Å²) >= 11 is 0. The summed E-state index contributed by atoms with van der Waals surface area (Å²) in [5.74, 6) is -2.90. The Morgan fingerprint density at radius 1 is 1.11 bits per heavy atom. The van der Waals surface area contributed by atoms with Gasteiger partial charge in [-0.15, -0.1) is 0 Å². The molecule has 9 heteroatoms. The first-order valence-electron chi connectivity index (χ1n) is 9.86. The summed E-state index contributed by atoms with van der Waals surface area (Å²) in [6.45, 7) is 0.779. The number of esters is 1. The minimum Gasteiger partial charge on any atom is -0.454 e. The van der Waals surface area contributed by atoms with E-state index in [0.29, 0.717) is 12.8 Å². The van der Waals surface area contributed by atoms with Crippen molar-refractivity contribution in [2.45, 2.75) is 57.5 Å². The van der Waals surface area contributed by atoms with Crippen LogP contribution in [0, 0.1) is 11.8 Å². The van der Waals surface area contributed by atoms with Crippen molar-refractivity contribution in [3.05, 3.63) is 0 Å². The molecule has 4 amide bonds. The van der Waals surface area contributed by atoms with E-state index >= 15 is 0 Å². The van der Waals surface area contributed by atoms with Gasteiger partial charge in [-0.25, -0.2) is 4.79 Å². The minimum absolute atomic E-state index is 0.116. The van der Waals surface area contributed by atoms with Gasteiger partial charge in [0.05, 0.1) is 18.4 Å². The Labute approximate surface area is 163 Å². The third-order valence-corrected chi connectivity index (χ3v) is 5.69. The number of carbonyl (C=O) groups excluding carboxylic acids is 5. The van der Waals surface area contributed by atoms with Crippen LogP contribution >= 0.6 is 0 Å². The van der Waals surface area contributed by atoms with Crippen LogP contribution in [-0.4, -0.2) is 71.7 Å². The zero-order valence-electron chi connectivity index (χ0n) is 16.3. The van der Waals surface area contributed by atoms with E-state index in [1.54, 1.807) is 0 Å². The fraction of sp³-hybridized carbons (Fsp3) is 0.737. The number of imide groups is 1. The smallest absolute Gasteiger partial charge is 0.329 e. The summed E-state index contributed by atoms with van der Waals surface area (Å²) in [4.78, 5) is 63.4. The summed E-state index contributed by atoms with van der Waals surface area (Å²) in [6.07, 6.45) is 5.05. The summed E-state index contributed by atoms with van der Waals surface area (Å²) in [7, 11) is 1.45. The van der Waals surface area contributed by atoms with Crippen molar-refractivity contribution in [1.82, 2.24) is 15.1 Å². The third kappa shape index (κ3) is 4.34. The number of rotatable bonds is 7. The quantitative estimate of drug-likeness (QED) is 0.475. The largest absolute Gasteiger partial charge is 0.454 e. The summed E-state index contributed by atoms with van der Waals surface area (Å²) in [5.41, 5.74) is 0. The molecule has 0 spiro atoms. The Balaban J connectivity index is 1.48. The topological polar surface area (TPSA) is 113 Å². The molecule has 0 aromatic rings. The third-order valence-electron chi connectivity index (χ3n) is 5.69. The summed E-state index contributed by atoms with van der Waals surface area (Å²) < 4.78 is 5.02. The molecular weight excluding hydrogens is 366 g/mol. The van der Waals surface area contributed by atoms with E-state index in [9.17, 15) is 24.0 Å². The fourth-order valence-electron chi connectivity index (χ4n) is 3.84. The summed E-state index contributed by atoms with van der Waals surface area (Å²) in [5, 5.41) is 2.77. The molecule has 0 bridgehead atoms. The predicted octanol–water partition coefficient (Wildman–Crippen LogP) is -0.170. The first kappa shape index (κ1) is 20.3. The van der Waals surface area contributed by atoms with E-state index in [0.717, 1.165) is 30.6 Å². The van der Waals surface area contributed by atoms with Gasteiger partial charge in [0.2, 0.25) is 17.7 Å². The Bertz CT molecular complexity index is 665. The van der Waals surface area contributed by atoms with E-state index in [2.05, 4.69) is 5.32 Å². The number of hydrogen-bond donors (Lipinski definition) is 1. The highest BCUT2D eigenvalue weighted by molar-refractivity contribution is 6.07. The van der Waals surface area contributed by atoms with Crippen LogP contribution in [-0.2, 0) is 28.7 Å². The lowest BCUT2D eigenvalue weighted by atomic mass is 9.81. The molecule has 3 aliphatic rings. The fourth-order valence-corrected chi connectivity index (χ4v) is 3.84. The highest BCUT2D eigenvalue weighted by Gasteiger charge is 2.51. The Morgan fingerprint density at radius 3 is 2.21 bits per heavy atom. The molecule has 0 unspecified atom stereocenters. The first-order valence-corrected chi connectivity index (χ1v) is 9.86. The van der Waals surface area contributed by atoms with E-state index in [1.807, 2.05) is 0 Å². The molecule has 2 aliphatic carbocycles. The van der Waals surface area contributed by atoms with Gasteiger partial charge < -0.3 is 15.0 Å². The molecule has 0 radical (unpaired) electrons. The van der Waals surface area contributed by atoms with E-state index < -0.39 is 24.5 Å². The number of fused-ring (bicyclic) bond motifs is 1. The Kier molecular flexibility index (Phi) is 6.00. The van der Waals surface area contributed by atoms with Gasteiger partial charge in [-0.2, -0.15) is 0 Å². The number of hydrogen-bond acceptors (Lipinski definition) is 6. The van der Waals surface area contributed by atoms with Crippen molar-refractivity contribution >= 4 is 29.6 Å². The second-order valence-corrected chi connectivity index (χ2v) is 7.92. The van der Waals surface area contributed by atoms with Crippen LogP contribution in [0.2, 0.25) is 0 Å².